The van der Waals surface area contributed by atoms with Crippen molar-refractivity contribution in [3.63, 3.8) is 0 Å². The number of aryl methyl sites for hydroxylation is 1. The molecule has 0 saturated carbocycles. The molecule has 0 saturated heterocycles. The molecular formula is C19H17F2NO4S3. The van der Waals surface area contributed by atoms with Crippen molar-refractivity contribution in [1.82, 2.24) is 4.72 Å². The Kier molecular flexibility index (Phi) is 6.18. The van der Waals surface area contributed by atoms with E-state index in [2.05, 4.69) is 4.72 Å². The topological polar surface area (TPSA) is 80.3 Å². The summed E-state index contributed by atoms with van der Waals surface area (Å²) in [6.07, 6.45) is 0. The third-order valence-electron chi connectivity index (χ3n) is 4.26. The van der Waals surface area contributed by atoms with Crippen LogP contribution < -0.4 is 4.72 Å². The number of halogens is 2. The minimum Gasteiger partial charge on any atom is -0.223 e. The molecule has 3 rings (SSSR count). The lowest BCUT2D eigenvalue weighted by atomic mass is 10.2. The minimum absolute atomic E-state index is 0.116. The van der Waals surface area contributed by atoms with E-state index < -0.39 is 43.3 Å². The van der Waals surface area contributed by atoms with Gasteiger partial charge in [0.2, 0.25) is 10.0 Å². The first-order valence-corrected chi connectivity index (χ1v) is 12.3. The maximum atomic E-state index is 13.3. The van der Waals surface area contributed by atoms with Gasteiger partial charge in [-0.15, -0.1) is 11.3 Å². The summed E-state index contributed by atoms with van der Waals surface area (Å²) in [7, 11) is -8.08. The molecule has 2 aromatic carbocycles. The number of hydrogen-bond donors (Lipinski definition) is 1. The van der Waals surface area contributed by atoms with Gasteiger partial charge in [-0.25, -0.2) is 30.3 Å². The number of nitrogens with one attached hydrogen (secondary N) is 1. The van der Waals surface area contributed by atoms with Crippen molar-refractivity contribution in [1.29, 1.82) is 0 Å². The predicted molar refractivity (Wildman–Crippen MR) is 107 cm³/mol. The third kappa shape index (κ3) is 4.72. The lowest BCUT2D eigenvalue weighted by Gasteiger charge is -2.18. The van der Waals surface area contributed by atoms with E-state index in [-0.39, 0.29) is 15.4 Å². The fourth-order valence-corrected chi connectivity index (χ4v) is 6.97. The molecule has 1 atom stereocenters. The van der Waals surface area contributed by atoms with E-state index in [0.29, 0.717) is 4.88 Å². The molecule has 1 N–H and O–H groups in total. The molecule has 0 aliphatic carbocycles. The second-order valence-corrected chi connectivity index (χ2v) is 11.1. The summed E-state index contributed by atoms with van der Waals surface area (Å²) >= 11 is 1.17. The molecule has 0 bridgehead atoms. The monoisotopic (exact) mass is 457 g/mol. The van der Waals surface area contributed by atoms with Crippen molar-refractivity contribution in [2.24, 2.45) is 0 Å². The summed E-state index contributed by atoms with van der Waals surface area (Å²) in [6, 6.07) is 10.8. The fraction of sp³-hybridized carbons (Fsp3) is 0.158. The molecule has 0 aliphatic rings. The number of benzene rings is 2. The smallest absolute Gasteiger partial charge is 0.223 e. The number of sulfonamides is 1. The van der Waals surface area contributed by atoms with Gasteiger partial charge in [-0.3, -0.25) is 0 Å². The highest BCUT2D eigenvalue weighted by atomic mass is 32.2. The molecule has 3 aromatic rings. The normalized spacial score (nSPS) is 13.3. The standard InChI is InChI=1S/C19H17F2NO4S3/c1-13-11-15(21)6-9-18(13)29(25,26)22-12-19(17-3-2-10-27-17)28(23,24)16-7-4-14(20)5-8-16/h2-11,19,22H,12H2,1H3. The number of rotatable bonds is 7. The molecule has 0 spiro atoms. The van der Waals surface area contributed by atoms with Crippen LogP contribution in [-0.2, 0) is 19.9 Å². The molecule has 154 valence electrons. The van der Waals surface area contributed by atoms with Crippen LogP contribution in [0.1, 0.15) is 15.7 Å². The first-order chi connectivity index (χ1) is 13.6. The SMILES string of the molecule is Cc1cc(F)ccc1S(=O)(=O)NCC(c1cccs1)S(=O)(=O)c1ccc(F)cc1. The van der Waals surface area contributed by atoms with E-state index in [0.717, 1.165) is 42.5 Å². The summed E-state index contributed by atoms with van der Waals surface area (Å²) in [5, 5.41) is 0.477. The number of sulfone groups is 1. The summed E-state index contributed by atoms with van der Waals surface area (Å²) in [5.41, 5.74) is 0.201. The van der Waals surface area contributed by atoms with Gasteiger partial charge in [0.15, 0.2) is 9.84 Å². The zero-order chi connectivity index (χ0) is 21.2. The van der Waals surface area contributed by atoms with Crippen molar-refractivity contribution in [2.75, 3.05) is 6.54 Å². The van der Waals surface area contributed by atoms with Crippen LogP contribution in [0, 0.1) is 18.6 Å². The molecule has 29 heavy (non-hydrogen) atoms. The van der Waals surface area contributed by atoms with Crippen LogP contribution in [0.5, 0.6) is 0 Å². The van der Waals surface area contributed by atoms with E-state index in [1.54, 1.807) is 17.5 Å². The molecular weight excluding hydrogens is 440 g/mol. The predicted octanol–water partition coefficient (Wildman–Crippen LogP) is 3.83. The summed E-state index contributed by atoms with van der Waals surface area (Å²) in [5.74, 6) is -1.15. The van der Waals surface area contributed by atoms with E-state index in [1.165, 1.54) is 18.3 Å². The largest absolute Gasteiger partial charge is 0.240 e. The third-order valence-corrected chi connectivity index (χ3v) is 9.08. The molecule has 0 fully saturated rings. The minimum atomic E-state index is -4.08. The quantitative estimate of drug-likeness (QED) is 0.547. The van der Waals surface area contributed by atoms with Gasteiger partial charge >= 0.3 is 0 Å². The average molecular weight is 458 g/mol. The molecule has 10 heteroatoms. The Morgan fingerprint density at radius 2 is 1.62 bits per heavy atom. The Balaban J connectivity index is 1.94. The lowest BCUT2D eigenvalue weighted by molar-refractivity contribution is 0.568. The highest BCUT2D eigenvalue weighted by Gasteiger charge is 2.32. The van der Waals surface area contributed by atoms with Gasteiger partial charge in [0, 0.05) is 11.4 Å². The molecule has 0 amide bonds. The molecule has 0 aliphatic heterocycles. The zero-order valence-corrected chi connectivity index (χ0v) is 17.6. The van der Waals surface area contributed by atoms with E-state index in [4.69, 9.17) is 0 Å². The van der Waals surface area contributed by atoms with Crippen molar-refractivity contribution in [2.45, 2.75) is 22.0 Å². The fourth-order valence-electron chi connectivity index (χ4n) is 2.80. The Labute approximate surface area is 172 Å². The van der Waals surface area contributed by atoms with Crippen molar-refractivity contribution in [3.05, 3.63) is 82.1 Å². The summed E-state index contributed by atoms with van der Waals surface area (Å²) in [6.45, 7) is 1.02. The van der Waals surface area contributed by atoms with Crippen molar-refractivity contribution >= 4 is 31.2 Å². The van der Waals surface area contributed by atoms with Crippen LogP contribution in [0.2, 0.25) is 0 Å². The van der Waals surface area contributed by atoms with Gasteiger partial charge in [0.1, 0.15) is 16.9 Å². The number of hydrogen-bond acceptors (Lipinski definition) is 5. The van der Waals surface area contributed by atoms with Gasteiger partial charge in [-0.2, -0.15) is 0 Å². The van der Waals surface area contributed by atoms with Crippen LogP contribution in [-0.4, -0.2) is 23.4 Å². The molecule has 1 aromatic heterocycles. The molecule has 5 nitrogen and oxygen atoms in total. The van der Waals surface area contributed by atoms with Gasteiger partial charge in [0.05, 0.1) is 9.79 Å². The Bertz CT molecular complexity index is 1210. The van der Waals surface area contributed by atoms with Crippen LogP contribution in [0.15, 0.2) is 69.8 Å². The van der Waals surface area contributed by atoms with E-state index in [1.807, 2.05) is 0 Å². The van der Waals surface area contributed by atoms with Crippen molar-refractivity contribution < 1.29 is 25.6 Å². The molecule has 0 radical (unpaired) electrons. The van der Waals surface area contributed by atoms with Crippen molar-refractivity contribution in [3.8, 4) is 0 Å². The average Bonchev–Trinajstić information content (AvgIpc) is 3.15. The Hall–Kier alpha value is -2.14. The second kappa shape index (κ2) is 8.31. The van der Waals surface area contributed by atoms with Gasteiger partial charge in [0.25, 0.3) is 0 Å². The summed E-state index contributed by atoms with van der Waals surface area (Å²) in [4.78, 5) is 0.185. The van der Waals surface area contributed by atoms with Crippen LogP contribution in [0.25, 0.3) is 0 Å². The maximum Gasteiger partial charge on any atom is 0.240 e. The van der Waals surface area contributed by atoms with Gasteiger partial charge in [-0.1, -0.05) is 6.07 Å². The Morgan fingerprint density at radius 1 is 0.966 bits per heavy atom. The first-order valence-electron chi connectivity index (χ1n) is 8.40. The first kappa shape index (κ1) is 21.6. The number of thiophene rings is 1. The maximum absolute atomic E-state index is 13.3. The molecule has 1 unspecified atom stereocenters. The Morgan fingerprint density at radius 3 is 2.21 bits per heavy atom. The van der Waals surface area contributed by atoms with Crippen LogP contribution in [0.3, 0.4) is 0 Å². The van der Waals surface area contributed by atoms with Gasteiger partial charge < -0.3 is 0 Å². The zero-order valence-electron chi connectivity index (χ0n) is 15.2. The highest BCUT2D eigenvalue weighted by Crippen LogP contribution is 2.32. The van der Waals surface area contributed by atoms with Gasteiger partial charge in [-0.05, 0) is 66.4 Å². The second-order valence-electron chi connectivity index (χ2n) is 6.26. The van der Waals surface area contributed by atoms with Crippen LogP contribution >= 0.6 is 11.3 Å². The van der Waals surface area contributed by atoms with Crippen LogP contribution in [0.4, 0.5) is 8.78 Å². The lowest BCUT2D eigenvalue weighted by Crippen LogP contribution is -2.32. The highest BCUT2D eigenvalue weighted by molar-refractivity contribution is 7.92. The summed E-state index contributed by atoms with van der Waals surface area (Å²) < 4.78 is 80.4. The molecule has 1 heterocycles. The van der Waals surface area contributed by atoms with E-state index in [9.17, 15) is 25.6 Å². The van der Waals surface area contributed by atoms with E-state index >= 15 is 0 Å².